The molecule has 0 fully saturated rings. The van der Waals surface area contributed by atoms with Crippen molar-refractivity contribution in [3.8, 4) is 0 Å². The Hall–Kier alpha value is -1.07. The molecule has 0 spiro atoms. The van der Waals surface area contributed by atoms with Gasteiger partial charge < -0.3 is 5.73 Å². The Morgan fingerprint density at radius 2 is 1.83 bits per heavy atom. The van der Waals surface area contributed by atoms with E-state index in [9.17, 15) is 8.68 Å². The first-order valence-electron chi connectivity index (χ1n) is 5.88. The van der Waals surface area contributed by atoms with Gasteiger partial charge in [0.1, 0.15) is 0 Å². The highest BCUT2D eigenvalue weighted by Crippen LogP contribution is 2.19. The van der Waals surface area contributed by atoms with Crippen LogP contribution in [0.25, 0.3) is 0 Å². The largest absolute Gasteiger partial charge is 0.368 e. The number of rotatable bonds is 5. The Kier molecular flexibility index (Phi) is 8.41. The van der Waals surface area contributed by atoms with Crippen molar-refractivity contribution in [1.29, 1.82) is 0 Å². The molecule has 5 heteroatoms. The molecule has 3 nitrogen and oxygen atoms in total. The van der Waals surface area contributed by atoms with Crippen LogP contribution in [0.3, 0.4) is 0 Å². The molecule has 0 saturated heterocycles. The Bertz CT molecular complexity index is 355. The molecule has 1 aromatic rings. The van der Waals surface area contributed by atoms with E-state index in [0.29, 0.717) is 11.3 Å². The summed E-state index contributed by atoms with van der Waals surface area (Å²) in [6, 6.07) is 6.66. The van der Waals surface area contributed by atoms with E-state index in [4.69, 9.17) is 5.73 Å². The number of halogens is 1. The van der Waals surface area contributed by atoms with Gasteiger partial charge in [0.15, 0.2) is 0 Å². The minimum atomic E-state index is -0.353. The number of carbonyl (C=O) groups is 1. The van der Waals surface area contributed by atoms with Gasteiger partial charge in [-0.2, -0.15) is 3.89 Å². The SMILES string of the molecule is CC.CN(C)C(Cc1ccc(SF)cc1)C(N)=O. The average Bonchev–Trinajstić information content (AvgIpc) is 2.38. The van der Waals surface area contributed by atoms with Crippen molar-refractivity contribution < 1.29 is 8.68 Å². The number of likely N-dealkylation sites (N-methyl/N-ethyl adjacent to an activating group) is 1. The summed E-state index contributed by atoms with van der Waals surface area (Å²) in [5.41, 5.74) is 6.26. The van der Waals surface area contributed by atoms with Gasteiger partial charge in [-0.05, 0) is 38.2 Å². The number of hydrogen-bond acceptors (Lipinski definition) is 3. The molecule has 1 rings (SSSR count). The van der Waals surface area contributed by atoms with Crippen LogP contribution in [0.15, 0.2) is 29.2 Å². The molecule has 0 radical (unpaired) electrons. The number of hydrogen-bond donors (Lipinski definition) is 1. The van der Waals surface area contributed by atoms with E-state index in [1.807, 2.05) is 13.8 Å². The first kappa shape index (κ1) is 16.9. The van der Waals surface area contributed by atoms with E-state index in [1.54, 1.807) is 43.3 Å². The molecule has 1 unspecified atom stereocenters. The van der Waals surface area contributed by atoms with Gasteiger partial charge in [0.25, 0.3) is 0 Å². The van der Waals surface area contributed by atoms with E-state index in [-0.39, 0.29) is 24.1 Å². The number of carbonyl (C=O) groups excluding carboxylic acids is 1. The second-order valence-electron chi connectivity index (χ2n) is 3.81. The average molecular weight is 272 g/mol. The fourth-order valence-electron chi connectivity index (χ4n) is 1.44. The standard InChI is InChI=1S/C11H15FN2OS.C2H6/c1-14(2)10(11(13)15)7-8-3-5-9(16-12)6-4-8;1-2/h3-6,10H,7H2,1-2H3,(H2,13,15);1-2H3. The van der Waals surface area contributed by atoms with Gasteiger partial charge in [-0.25, -0.2) is 0 Å². The quantitative estimate of drug-likeness (QED) is 0.896. The molecular weight excluding hydrogens is 251 g/mol. The molecule has 1 atom stereocenters. The molecule has 0 aromatic heterocycles. The summed E-state index contributed by atoms with van der Waals surface area (Å²) in [5.74, 6) is -0.353. The van der Waals surface area contributed by atoms with Crippen molar-refractivity contribution in [1.82, 2.24) is 4.90 Å². The molecule has 0 heterocycles. The zero-order chi connectivity index (χ0) is 14.1. The Morgan fingerprint density at radius 3 is 2.17 bits per heavy atom. The number of benzene rings is 1. The minimum absolute atomic E-state index is 0.207. The zero-order valence-electron chi connectivity index (χ0n) is 11.3. The lowest BCUT2D eigenvalue weighted by Gasteiger charge is -2.20. The third-order valence-electron chi connectivity index (χ3n) is 2.39. The number of amides is 1. The second kappa shape index (κ2) is 8.94. The fraction of sp³-hybridized carbons (Fsp3) is 0.462. The van der Waals surface area contributed by atoms with Gasteiger partial charge >= 0.3 is 0 Å². The van der Waals surface area contributed by atoms with Crippen LogP contribution >= 0.6 is 12.1 Å². The molecule has 0 saturated carbocycles. The van der Waals surface area contributed by atoms with E-state index in [0.717, 1.165) is 5.56 Å². The van der Waals surface area contributed by atoms with Crippen LogP contribution in [-0.2, 0) is 11.2 Å². The Balaban J connectivity index is 0.00000137. The van der Waals surface area contributed by atoms with Crippen LogP contribution in [0, 0.1) is 0 Å². The number of nitrogens with two attached hydrogens (primary N) is 1. The van der Waals surface area contributed by atoms with E-state index in [2.05, 4.69) is 0 Å². The van der Waals surface area contributed by atoms with Gasteiger partial charge in [-0.15, -0.1) is 0 Å². The third kappa shape index (κ3) is 5.51. The fourth-order valence-corrected chi connectivity index (χ4v) is 1.68. The van der Waals surface area contributed by atoms with Gasteiger partial charge in [0, 0.05) is 4.90 Å². The van der Waals surface area contributed by atoms with Gasteiger partial charge in [-0.3, -0.25) is 9.69 Å². The summed E-state index contributed by atoms with van der Waals surface area (Å²) in [6.45, 7) is 4.00. The van der Waals surface area contributed by atoms with Crippen molar-refractivity contribution in [2.24, 2.45) is 5.73 Å². The highest BCUT2D eigenvalue weighted by molar-refractivity contribution is 7.94. The lowest BCUT2D eigenvalue weighted by atomic mass is 10.1. The zero-order valence-corrected chi connectivity index (χ0v) is 12.1. The van der Waals surface area contributed by atoms with E-state index < -0.39 is 0 Å². The number of primary amides is 1. The summed E-state index contributed by atoms with van der Waals surface area (Å²) in [7, 11) is 3.61. The Morgan fingerprint density at radius 1 is 1.33 bits per heavy atom. The highest BCUT2D eigenvalue weighted by Gasteiger charge is 2.17. The summed E-state index contributed by atoms with van der Waals surface area (Å²) >= 11 is 0.207. The van der Waals surface area contributed by atoms with Crippen molar-refractivity contribution >= 4 is 18.1 Å². The molecule has 0 bridgehead atoms. The number of nitrogens with zero attached hydrogens (tertiary/aromatic N) is 1. The van der Waals surface area contributed by atoms with Crippen LogP contribution in [0.1, 0.15) is 19.4 Å². The van der Waals surface area contributed by atoms with Crippen molar-refractivity contribution in [2.75, 3.05) is 14.1 Å². The normalized spacial score (nSPS) is 11.7. The lowest BCUT2D eigenvalue weighted by molar-refractivity contribution is -0.122. The smallest absolute Gasteiger partial charge is 0.235 e. The molecule has 1 amide bonds. The molecule has 0 aliphatic carbocycles. The molecule has 102 valence electrons. The minimum Gasteiger partial charge on any atom is -0.368 e. The Labute approximate surface area is 113 Å². The first-order valence-corrected chi connectivity index (χ1v) is 6.59. The topological polar surface area (TPSA) is 46.3 Å². The molecule has 0 aliphatic rings. The maximum Gasteiger partial charge on any atom is 0.235 e. The summed E-state index contributed by atoms with van der Waals surface area (Å²) in [4.78, 5) is 13.5. The van der Waals surface area contributed by atoms with Crippen LogP contribution in [0.5, 0.6) is 0 Å². The predicted molar refractivity (Wildman–Crippen MR) is 75.1 cm³/mol. The van der Waals surface area contributed by atoms with Crippen molar-refractivity contribution in [2.45, 2.75) is 31.2 Å². The predicted octanol–water partition coefficient (Wildman–Crippen LogP) is 2.65. The molecule has 18 heavy (non-hydrogen) atoms. The van der Waals surface area contributed by atoms with E-state index in [1.165, 1.54) is 0 Å². The molecule has 0 aliphatic heterocycles. The monoisotopic (exact) mass is 272 g/mol. The summed E-state index contributed by atoms with van der Waals surface area (Å²) in [6.07, 6.45) is 0.541. The van der Waals surface area contributed by atoms with Crippen LogP contribution in [0.2, 0.25) is 0 Å². The summed E-state index contributed by atoms with van der Waals surface area (Å²) in [5, 5.41) is 0. The van der Waals surface area contributed by atoms with Gasteiger partial charge in [0.05, 0.1) is 18.2 Å². The van der Waals surface area contributed by atoms with Gasteiger partial charge in [-0.1, -0.05) is 26.0 Å². The van der Waals surface area contributed by atoms with E-state index >= 15 is 0 Å². The molecular formula is C13H21FN2OS. The molecule has 2 N–H and O–H groups in total. The van der Waals surface area contributed by atoms with Crippen molar-refractivity contribution in [3.63, 3.8) is 0 Å². The van der Waals surface area contributed by atoms with Gasteiger partial charge in [0.2, 0.25) is 5.91 Å². The molecule has 1 aromatic carbocycles. The van der Waals surface area contributed by atoms with Crippen molar-refractivity contribution in [3.05, 3.63) is 29.8 Å². The van der Waals surface area contributed by atoms with Crippen LogP contribution in [-0.4, -0.2) is 30.9 Å². The maximum absolute atomic E-state index is 12.2. The van der Waals surface area contributed by atoms with Crippen LogP contribution < -0.4 is 5.73 Å². The summed E-state index contributed by atoms with van der Waals surface area (Å²) < 4.78 is 12.2. The second-order valence-corrected chi connectivity index (χ2v) is 4.43. The third-order valence-corrected chi connectivity index (χ3v) is 2.84. The first-order chi connectivity index (χ1) is 8.54. The maximum atomic E-state index is 12.2. The van der Waals surface area contributed by atoms with Crippen LogP contribution in [0.4, 0.5) is 3.89 Å². The highest BCUT2D eigenvalue weighted by atomic mass is 32.2. The lowest BCUT2D eigenvalue weighted by Crippen LogP contribution is -2.41.